The number of para-hydroxylation sites is 1. The standard InChI is InChI=1S/C13H9N3OS/c17-12(16-13-15-7-8-18-13)10-5-1-3-9-4-2-6-14-11(9)10/h1-8H,(H,15,16,17). The molecule has 5 heteroatoms. The summed E-state index contributed by atoms with van der Waals surface area (Å²) in [5, 5.41) is 6.11. The highest BCUT2D eigenvalue weighted by Gasteiger charge is 2.11. The summed E-state index contributed by atoms with van der Waals surface area (Å²) in [7, 11) is 0. The van der Waals surface area contributed by atoms with E-state index in [1.165, 1.54) is 11.3 Å². The Balaban J connectivity index is 2.01. The minimum atomic E-state index is -0.186. The fourth-order valence-corrected chi connectivity index (χ4v) is 2.26. The SMILES string of the molecule is O=C(Nc1nccs1)c1cccc2cccnc12. The van der Waals surface area contributed by atoms with Crippen LogP contribution in [0.2, 0.25) is 0 Å². The second-order valence-electron chi connectivity index (χ2n) is 3.67. The number of fused-ring (bicyclic) bond motifs is 1. The molecule has 1 amide bonds. The number of benzene rings is 1. The topological polar surface area (TPSA) is 54.9 Å². The summed E-state index contributed by atoms with van der Waals surface area (Å²) in [5.74, 6) is -0.186. The van der Waals surface area contributed by atoms with Crippen LogP contribution >= 0.6 is 11.3 Å². The van der Waals surface area contributed by atoms with E-state index in [-0.39, 0.29) is 5.91 Å². The number of amides is 1. The molecule has 0 aliphatic rings. The van der Waals surface area contributed by atoms with E-state index in [0.717, 1.165) is 5.39 Å². The highest BCUT2D eigenvalue weighted by atomic mass is 32.1. The predicted molar refractivity (Wildman–Crippen MR) is 71.8 cm³/mol. The van der Waals surface area contributed by atoms with Crippen molar-refractivity contribution >= 4 is 33.3 Å². The Morgan fingerprint density at radius 2 is 2.00 bits per heavy atom. The normalized spacial score (nSPS) is 10.4. The monoisotopic (exact) mass is 255 g/mol. The number of hydrogen-bond acceptors (Lipinski definition) is 4. The number of nitrogens with one attached hydrogen (secondary N) is 1. The molecule has 1 aromatic carbocycles. The largest absolute Gasteiger partial charge is 0.298 e. The Morgan fingerprint density at radius 1 is 1.11 bits per heavy atom. The van der Waals surface area contributed by atoms with Crippen molar-refractivity contribution in [3.63, 3.8) is 0 Å². The molecule has 0 aliphatic carbocycles. The molecule has 0 spiro atoms. The molecule has 3 aromatic rings. The van der Waals surface area contributed by atoms with Crippen LogP contribution in [0.4, 0.5) is 5.13 Å². The van der Waals surface area contributed by atoms with Crippen LogP contribution in [0, 0.1) is 0 Å². The van der Waals surface area contributed by atoms with E-state index in [1.54, 1.807) is 18.5 Å². The fourth-order valence-electron chi connectivity index (χ4n) is 1.74. The maximum absolute atomic E-state index is 12.1. The Hall–Kier alpha value is -2.27. The third kappa shape index (κ3) is 1.96. The maximum Gasteiger partial charge on any atom is 0.259 e. The van der Waals surface area contributed by atoms with Crippen LogP contribution in [-0.4, -0.2) is 15.9 Å². The Labute approximate surface area is 107 Å². The highest BCUT2D eigenvalue weighted by molar-refractivity contribution is 7.13. The van der Waals surface area contributed by atoms with Gasteiger partial charge in [0.15, 0.2) is 5.13 Å². The van der Waals surface area contributed by atoms with Crippen molar-refractivity contribution in [2.45, 2.75) is 0 Å². The zero-order valence-corrected chi connectivity index (χ0v) is 10.1. The molecule has 1 N–H and O–H groups in total. The van der Waals surface area contributed by atoms with Crippen LogP contribution in [0.5, 0.6) is 0 Å². The first-order valence-corrected chi connectivity index (χ1v) is 6.27. The number of rotatable bonds is 2. The summed E-state index contributed by atoms with van der Waals surface area (Å²) in [6, 6.07) is 9.33. The molecular formula is C13H9N3OS. The summed E-state index contributed by atoms with van der Waals surface area (Å²) in [4.78, 5) is 20.4. The number of aromatic nitrogens is 2. The molecule has 0 saturated heterocycles. The summed E-state index contributed by atoms with van der Waals surface area (Å²) in [5.41, 5.74) is 1.26. The smallest absolute Gasteiger partial charge is 0.259 e. The molecule has 18 heavy (non-hydrogen) atoms. The Bertz CT molecular complexity index is 689. The van der Waals surface area contributed by atoms with Crippen LogP contribution in [0.25, 0.3) is 10.9 Å². The number of pyridine rings is 1. The van der Waals surface area contributed by atoms with Gasteiger partial charge in [-0.15, -0.1) is 11.3 Å². The molecule has 0 aliphatic heterocycles. The molecule has 0 atom stereocenters. The third-order valence-corrected chi connectivity index (χ3v) is 3.22. The molecule has 0 radical (unpaired) electrons. The van der Waals surface area contributed by atoms with Crippen molar-refractivity contribution < 1.29 is 4.79 Å². The minimum Gasteiger partial charge on any atom is -0.298 e. The van der Waals surface area contributed by atoms with Gasteiger partial charge in [0.2, 0.25) is 0 Å². The summed E-state index contributed by atoms with van der Waals surface area (Å²) in [6.07, 6.45) is 3.34. The van der Waals surface area contributed by atoms with E-state index in [2.05, 4.69) is 15.3 Å². The first-order valence-electron chi connectivity index (χ1n) is 5.39. The molecule has 0 unspecified atom stereocenters. The lowest BCUT2D eigenvalue weighted by Crippen LogP contribution is -2.12. The lowest BCUT2D eigenvalue weighted by molar-refractivity contribution is 0.102. The van der Waals surface area contributed by atoms with E-state index in [0.29, 0.717) is 16.2 Å². The van der Waals surface area contributed by atoms with Crippen molar-refractivity contribution in [2.24, 2.45) is 0 Å². The van der Waals surface area contributed by atoms with E-state index in [9.17, 15) is 4.79 Å². The van der Waals surface area contributed by atoms with Crippen molar-refractivity contribution in [1.82, 2.24) is 9.97 Å². The van der Waals surface area contributed by atoms with Crippen molar-refractivity contribution in [3.8, 4) is 0 Å². The second kappa shape index (κ2) is 4.54. The van der Waals surface area contributed by atoms with Gasteiger partial charge in [-0.1, -0.05) is 18.2 Å². The molecule has 3 rings (SSSR count). The predicted octanol–water partition coefficient (Wildman–Crippen LogP) is 2.94. The van der Waals surface area contributed by atoms with E-state index in [1.807, 2.05) is 29.6 Å². The first-order chi connectivity index (χ1) is 8.84. The van der Waals surface area contributed by atoms with Crippen LogP contribution in [0.1, 0.15) is 10.4 Å². The van der Waals surface area contributed by atoms with Gasteiger partial charge in [-0.25, -0.2) is 4.98 Å². The highest BCUT2D eigenvalue weighted by Crippen LogP contribution is 2.18. The summed E-state index contributed by atoms with van der Waals surface area (Å²) < 4.78 is 0. The maximum atomic E-state index is 12.1. The number of thiazole rings is 1. The van der Waals surface area contributed by atoms with Crippen LogP contribution in [-0.2, 0) is 0 Å². The van der Waals surface area contributed by atoms with Gasteiger partial charge in [0.1, 0.15) is 0 Å². The van der Waals surface area contributed by atoms with Gasteiger partial charge in [0.05, 0.1) is 11.1 Å². The molecule has 4 nitrogen and oxygen atoms in total. The van der Waals surface area contributed by atoms with E-state index >= 15 is 0 Å². The number of hydrogen-bond donors (Lipinski definition) is 1. The average molecular weight is 255 g/mol. The average Bonchev–Trinajstić information content (AvgIpc) is 2.91. The minimum absolute atomic E-state index is 0.186. The zero-order valence-electron chi connectivity index (χ0n) is 9.33. The van der Waals surface area contributed by atoms with Gasteiger partial charge < -0.3 is 0 Å². The molecule has 0 bridgehead atoms. The first kappa shape index (κ1) is 10.9. The Kier molecular flexibility index (Phi) is 2.74. The number of anilines is 1. The zero-order chi connectivity index (χ0) is 12.4. The lowest BCUT2D eigenvalue weighted by Gasteiger charge is -2.04. The molecular weight excluding hydrogens is 246 g/mol. The van der Waals surface area contributed by atoms with Gasteiger partial charge >= 0.3 is 0 Å². The molecule has 0 saturated carbocycles. The van der Waals surface area contributed by atoms with Crippen molar-refractivity contribution in [3.05, 3.63) is 53.7 Å². The van der Waals surface area contributed by atoms with Crippen molar-refractivity contribution in [2.75, 3.05) is 5.32 Å². The van der Waals surface area contributed by atoms with Crippen LogP contribution < -0.4 is 5.32 Å². The number of nitrogens with zero attached hydrogens (tertiary/aromatic N) is 2. The quantitative estimate of drug-likeness (QED) is 0.766. The molecule has 2 aromatic heterocycles. The number of carbonyl (C=O) groups is 1. The van der Waals surface area contributed by atoms with Gasteiger partial charge in [-0.05, 0) is 12.1 Å². The van der Waals surface area contributed by atoms with E-state index < -0.39 is 0 Å². The van der Waals surface area contributed by atoms with Crippen molar-refractivity contribution in [1.29, 1.82) is 0 Å². The summed E-state index contributed by atoms with van der Waals surface area (Å²) in [6.45, 7) is 0. The fraction of sp³-hybridized carbons (Fsp3) is 0. The molecule has 88 valence electrons. The Morgan fingerprint density at radius 3 is 2.83 bits per heavy atom. The van der Waals surface area contributed by atoms with Gasteiger partial charge in [0, 0.05) is 23.2 Å². The molecule has 0 fully saturated rings. The second-order valence-corrected chi connectivity index (χ2v) is 4.57. The van der Waals surface area contributed by atoms with Crippen LogP contribution in [0.15, 0.2) is 48.1 Å². The molecule has 2 heterocycles. The van der Waals surface area contributed by atoms with E-state index in [4.69, 9.17) is 0 Å². The third-order valence-electron chi connectivity index (χ3n) is 2.53. The number of carbonyl (C=O) groups excluding carboxylic acids is 1. The summed E-state index contributed by atoms with van der Waals surface area (Å²) >= 11 is 1.39. The van der Waals surface area contributed by atoms with Gasteiger partial charge in [-0.2, -0.15) is 0 Å². The van der Waals surface area contributed by atoms with Crippen LogP contribution in [0.3, 0.4) is 0 Å². The van der Waals surface area contributed by atoms with Gasteiger partial charge in [0.25, 0.3) is 5.91 Å². The van der Waals surface area contributed by atoms with Gasteiger partial charge in [-0.3, -0.25) is 15.1 Å². The lowest BCUT2D eigenvalue weighted by atomic mass is 10.1.